The van der Waals surface area contributed by atoms with Crippen LogP contribution in [0.3, 0.4) is 0 Å². The molecule has 0 radical (unpaired) electrons. The molecule has 4 heteroatoms. The van der Waals surface area contributed by atoms with E-state index in [1.165, 1.54) is 22.4 Å². The van der Waals surface area contributed by atoms with Crippen molar-refractivity contribution in [1.82, 2.24) is 4.98 Å². The van der Waals surface area contributed by atoms with Gasteiger partial charge in [-0.25, -0.2) is 4.98 Å². The number of benzene rings is 2. The molecule has 1 aliphatic rings. The molecule has 1 N–H and O–H groups in total. The van der Waals surface area contributed by atoms with Crippen LogP contribution in [0.1, 0.15) is 50.3 Å². The van der Waals surface area contributed by atoms with Crippen LogP contribution in [-0.2, 0) is 11.2 Å². The number of rotatable bonds is 6. The molecule has 0 bridgehead atoms. The standard InChI is InChI=1S/C25H28N2OS/c1-2-9-22-23(20-16-14-19(15-17-20)18-10-5-3-6-11-18)26-25(29-22)27-24(28)21-12-7-4-8-13-21/h3,5-6,10-11,14-17,21H,2,4,7-9,12-13H2,1H3,(H,26,27,28). The maximum atomic E-state index is 12.6. The second kappa shape index (κ2) is 9.36. The molecule has 0 atom stereocenters. The summed E-state index contributed by atoms with van der Waals surface area (Å²) in [7, 11) is 0. The minimum atomic E-state index is 0.146. The van der Waals surface area contributed by atoms with Gasteiger partial charge in [0.15, 0.2) is 5.13 Å². The summed E-state index contributed by atoms with van der Waals surface area (Å²) in [5.74, 6) is 0.295. The first kappa shape index (κ1) is 19.8. The third-order valence-corrected chi connectivity index (χ3v) is 6.68. The monoisotopic (exact) mass is 404 g/mol. The highest BCUT2D eigenvalue weighted by Crippen LogP contribution is 2.34. The van der Waals surface area contributed by atoms with Crippen LogP contribution in [0.15, 0.2) is 54.6 Å². The molecule has 150 valence electrons. The molecular weight excluding hydrogens is 376 g/mol. The molecule has 3 nitrogen and oxygen atoms in total. The van der Waals surface area contributed by atoms with Gasteiger partial charge < -0.3 is 5.32 Å². The van der Waals surface area contributed by atoms with Crippen molar-refractivity contribution < 1.29 is 4.79 Å². The van der Waals surface area contributed by atoms with Gasteiger partial charge in [0.1, 0.15) is 0 Å². The topological polar surface area (TPSA) is 42.0 Å². The Hall–Kier alpha value is -2.46. The molecule has 1 amide bonds. The van der Waals surface area contributed by atoms with Crippen molar-refractivity contribution >= 4 is 22.4 Å². The van der Waals surface area contributed by atoms with E-state index in [9.17, 15) is 4.79 Å². The molecule has 1 saturated carbocycles. The van der Waals surface area contributed by atoms with Crippen LogP contribution in [0, 0.1) is 5.92 Å². The summed E-state index contributed by atoms with van der Waals surface area (Å²) in [5, 5.41) is 3.85. The van der Waals surface area contributed by atoms with Crippen molar-refractivity contribution in [3.63, 3.8) is 0 Å². The molecule has 0 spiro atoms. The van der Waals surface area contributed by atoms with Crippen molar-refractivity contribution in [2.75, 3.05) is 5.32 Å². The summed E-state index contributed by atoms with van der Waals surface area (Å²) in [6.07, 6.45) is 7.64. The van der Waals surface area contributed by atoms with Crippen LogP contribution in [0.2, 0.25) is 0 Å². The number of carbonyl (C=O) groups is 1. The van der Waals surface area contributed by atoms with E-state index in [-0.39, 0.29) is 11.8 Å². The fourth-order valence-corrected chi connectivity index (χ4v) is 5.14. The van der Waals surface area contributed by atoms with Gasteiger partial charge in [-0.1, -0.05) is 87.2 Å². The lowest BCUT2D eigenvalue weighted by Crippen LogP contribution is -2.24. The number of carbonyl (C=O) groups excluding carboxylic acids is 1. The fourth-order valence-electron chi connectivity index (χ4n) is 4.05. The molecule has 3 aromatic rings. The zero-order valence-electron chi connectivity index (χ0n) is 17.0. The summed E-state index contributed by atoms with van der Waals surface area (Å²) in [6, 6.07) is 19.0. The maximum absolute atomic E-state index is 12.6. The van der Waals surface area contributed by atoms with Crippen LogP contribution < -0.4 is 5.32 Å². The van der Waals surface area contributed by atoms with E-state index in [2.05, 4.69) is 60.8 Å². The van der Waals surface area contributed by atoms with E-state index in [1.54, 1.807) is 11.3 Å². The number of anilines is 1. The van der Waals surface area contributed by atoms with Crippen LogP contribution in [0.4, 0.5) is 5.13 Å². The molecule has 1 heterocycles. The van der Waals surface area contributed by atoms with Crippen LogP contribution >= 0.6 is 11.3 Å². The first-order valence-electron chi connectivity index (χ1n) is 10.7. The van der Waals surface area contributed by atoms with Gasteiger partial charge in [-0.15, -0.1) is 11.3 Å². The van der Waals surface area contributed by atoms with E-state index in [0.29, 0.717) is 0 Å². The van der Waals surface area contributed by atoms with E-state index < -0.39 is 0 Å². The first-order valence-corrected chi connectivity index (χ1v) is 11.5. The van der Waals surface area contributed by atoms with E-state index >= 15 is 0 Å². The summed E-state index contributed by atoms with van der Waals surface area (Å²) >= 11 is 1.63. The number of nitrogens with zero attached hydrogens (tertiary/aromatic N) is 1. The van der Waals surface area contributed by atoms with Crippen LogP contribution in [-0.4, -0.2) is 10.9 Å². The first-order chi connectivity index (χ1) is 14.2. The van der Waals surface area contributed by atoms with Gasteiger partial charge in [0, 0.05) is 16.4 Å². The Morgan fingerprint density at radius 3 is 2.31 bits per heavy atom. The number of hydrogen-bond donors (Lipinski definition) is 1. The van der Waals surface area contributed by atoms with Gasteiger partial charge in [-0.2, -0.15) is 0 Å². The Kier molecular flexibility index (Phi) is 6.40. The van der Waals surface area contributed by atoms with Gasteiger partial charge in [-0.3, -0.25) is 4.79 Å². The summed E-state index contributed by atoms with van der Waals surface area (Å²) in [5.41, 5.74) is 4.54. The Morgan fingerprint density at radius 1 is 0.966 bits per heavy atom. The van der Waals surface area contributed by atoms with Gasteiger partial charge in [-0.05, 0) is 30.4 Å². The van der Waals surface area contributed by atoms with Crippen molar-refractivity contribution in [3.8, 4) is 22.4 Å². The molecule has 1 fully saturated rings. The van der Waals surface area contributed by atoms with Gasteiger partial charge in [0.05, 0.1) is 5.69 Å². The number of aromatic nitrogens is 1. The Bertz CT molecular complexity index is 941. The van der Waals surface area contributed by atoms with Crippen molar-refractivity contribution in [2.45, 2.75) is 51.9 Å². The lowest BCUT2D eigenvalue weighted by Gasteiger charge is -2.19. The Balaban J connectivity index is 1.55. The molecular formula is C25H28N2OS. The van der Waals surface area contributed by atoms with Crippen LogP contribution in [0.5, 0.6) is 0 Å². The number of amides is 1. The molecule has 0 unspecified atom stereocenters. The largest absolute Gasteiger partial charge is 0.302 e. The van der Waals surface area contributed by atoms with Crippen molar-refractivity contribution in [2.24, 2.45) is 5.92 Å². The second-order valence-corrected chi connectivity index (χ2v) is 8.89. The molecule has 29 heavy (non-hydrogen) atoms. The predicted molar refractivity (Wildman–Crippen MR) is 122 cm³/mol. The number of hydrogen-bond acceptors (Lipinski definition) is 3. The highest BCUT2D eigenvalue weighted by molar-refractivity contribution is 7.16. The number of nitrogens with one attached hydrogen (secondary N) is 1. The van der Waals surface area contributed by atoms with E-state index in [4.69, 9.17) is 4.98 Å². The minimum absolute atomic E-state index is 0.146. The zero-order chi connectivity index (χ0) is 20.1. The Labute approximate surface area is 177 Å². The average molecular weight is 405 g/mol. The highest BCUT2D eigenvalue weighted by Gasteiger charge is 2.23. The molecule has 4 rings (SSSR count). The Morgan fingerprint density at radius 2 is 1.62 bits per heavy atom. The van der Waals surface area contributed by atoms with Gasteiger partial charge in [0.2, 0.25) is 5.91 Å². The molecule has 0 aliphatic heterocycles. The fraction of sp³-hybridized carbons (Fsp3) is 0.360. The SMILES string of the molecule is CCCc1sc(NC(=O)C2CCCCC2)nc1-c1ccc(-c2ccccc2)cc1. The summed E-state index contributed by atoms with van der Waals surface area (Å²) in [6.45, 7) is 2.18. The van der Waals surface area contributed by atoms with E-state index in [1.807, 2.05) is 6.07 Å². The molecule has 1 aromatic heterocycles. The van der Waals surface area contributed by atoms with Crippen LogP contribution in [0.25, 0.3) is 22.4 Å². The lowest BCUT2D eigenvalue weighted by atomic mass is 9.89. The third kappa shape index (κ3) is 4.76. The average Bonchev–Trinajstić information content (AvgIpc) is 3.17. The summed E-state index contributed by atoms with van der Waals surface area (Å²) in [4.78, 5) is 18.7. The third-order valence-electron chi connectivity index (χ3n) is 5.65. The lowest BCUT2D eigenvalue weighted by molar-refractivity contribution is -0.120. The highest BCUT2D eigenvalue weighted by atomic mass is 32.1. The molecule has 2 aromatic carbocycles. The smallest absolute Gasteiger partial charge is 0.229 e. The van der Waals surface area contributed by atoms with E-state index in [0.717, 1.165) is 54.9 Å². The molecule has 1 aliphatic carbocycles. The number of aryl methyl sites for hydroxylation is 1. The predicted octanol–water partition coefficient (Wildman–Crippen LogP) is 6.95. The van der Waals surface area contributed by atoms with Crippen molar-refractivity contribution in [3.05, 3.63) is 59.5 Å². The van der Waals surface area contributed by atoms with Gasteiger partial charge >= 0.3 is 0 Å². The normalized spacial score (nSPS) is 14.7. The van der Waals surface area contributed by atoms with Gasteiger partial charge in [0.25, 0.3) is 0 Å². The maximum Gasteiger partial charge on any atom is 0.229 e. The quantitative estimate of drug-likeness (QED) is 0.483. The second-order valence-electron chi connectivity index (χ2n) is 7.81. The summed E-state index contributed by atoms with van der Waals surface area (Å²) < 4.78 is 0. The molecule has 0 saturated heterocycles. The number of thiazole rings is 1. The minimum Gasteiger partial charge on any atom is -0.302 e. The zero-order valence-corrected chi connectivity index (χ0v) is 17.8. The van der Waals surface area contributed by atoms with Crippen molar-refractivity contribution in [1.29, 1.82) is 0 Å².